The number of rotatable bonds is 6. The molecule has 8 nitrogen and oxygen atoms in total. The molecule has 140 valence electrons. The lowest BCUT2D eigenvalue weighted by Crippen LogP contribution is -2.21. The van der Waals surface area contributed by atoms with E-state index >= 15 is 0 Å². The normalized spacial score (nSPS) is 11.8. The molecule has 1 unspecified atom stereocenters. The number of H-pyrrole nitrogens is 1. The van der Waals surface area contributed by atoms with Crippen molar-refractivity contribution in [1.29, 1.82) is 0 Å². The fraction of sp³-hybridized carbons (Fsp3) is 0.167. The number of nitrogens with one attached hydrogen (secondary N) is 2. The number of aromatic amines is 1. The molecule has 0 aliphatic heterocycles. The van der Waals surface area contributed by atoms with Crippen molar-refractivity contribution in [2.45, 2.75) is 6.04 Å². The minimum Gasteiger partial charge on any atom is -0.493 e. The summed E-state index contributed by atoms with van der Waals surface area (Å²) in [7, 11) is 2.88. The predicted molar refractivity (Wildman–Crippen MR) is 95.9 cm³/mol. The molecule has 3 rings (SSSR count). The maximum absolute atomic E-state index is 14.4. The van der Waals surface area contributed by atoms with Crippen LogP contribution < -0.4 is 20.3 Å². The van der Waals surface area contributed by atoms with E-state index in [1.165, 1.54) is 38.7 Å². The Hall–Kier alpha value is -3.62. The number of carboxylic acids is 1. The molecular weight excluding hydrogens is 357 g/mol. The van der Waals surface area contributed by atoms with Gasteiger partial charge in [0.25, 0.3) is 5.56 Å². The number of aliphatic carboxylic acids is 1. The molecule has 0 amide bonds. The summed E-state index contributed by atoms with van der Waals surface area (Å²) in [6, 6.07) is 5.58. The fourth-order valence-electron chi connectivity index (χ4n) is 2.68. The maximum atomic E-state index is 14.4. The molecule has 0 fully saturated rings. The molecule has 2 aromatic carbocycles. The number of nitrogens with zero attached hydrogens (tertiary/aromatic N) is 1. The second kappa shape index (κ2) is 7.32. The van der Waals surface area contributed by atoms with E-state index in [0.717, 1.165) is 6.07 Å². The summed E-state index contributed by atoms with van der Waals surface area (Å²) in [5, 5.41) is 12.4. The topological polar surface area (TPSA) is 114 Å². The first-order valence-electron chi connectivity index (χ1n) is 7.82. The van der Waals surface area contributed by atoms with Crippen molar-refractivity contribution in [2.24, 2.45) is 0 Å². The summed E-state index contributed by atoms with van der Waals surface area (Å²) in [6.45, 7) is 0. The van der Waals surface area contributed by atoms with Gasteiger partial charge in [0.05, 0.1) is 37.1 Å². The van der Waals surface area contributed by atoms with Crippen molar-refractivity contribution in [3.05, 3.63) is 58.4 Å². The van der Waals surface area contributed by atoms with Crippen LogP contribution in [-0.4, -0.2) is 35.3 Å². The Bertz CT molecular complexity index is 1070. The van der Waals surface area contributed by atoms with Crippen LogP contribution in [0.4, 0.5) is 10.1 Å². The van der Waals surface area contributed by atoms with Crippen LogP contribution >= 0.6 is 0 Å². The molecular formula is C18H16FN3O5. The van der Waals surface area contributed by atoms with E-state index in [9.17, 15) is 19.1 Å². The Balaban J connectivity index is 2.04. The van der Waals surface area contributed by atoms with E-state index in [0.29, 0.717) is 17.1 Å². The summed E-state index contributed by atoms with van der Waals surface area (Å²) in [6.07, 6.45) is 1.17. The quantitative estimate of drug-likeness (QED) is 0.608. The van der Waals surface area contributed by atoms with E-state index in [4.69, 9.17) is 9.47 Å². The highest BCUT2D eigenvalue weighted by atomic mass is 19.1. The van der Waals surface area contributed by atoms with Crippen molar-refractivity contribution < 1.29 is 23.8 Å². The van der Waals surface area contributed by atoms with E-state index in [1.807, 2.05) is 0 Å². The Morgan fingerprint density at radius 2 is 1.96 bits per heavy atom. The molecule has 0 saturated carbocycles. The average Bonchev–Trinajstić information content (AvgIpc) is 2.66. The Kier molecular flexibility index (Phi) is 4.93. The SMILES string of the molecule is COc1ccc(C(Nc2cc3c(=O)[nH]cnc3cc2F)C(=O)O)cc1OC. The van der Waals surface area contributed by atoms with Crippen LogP contribution in [0.15, 0.2) is 41.5 Å². The van der Waals surface area contributed by atoms with Crippen LogP contribution in [0.3, 0.4) is 0 Å². The molecule has 27 heavy (non-hydrogen) atoms. The second-order valence-corrected chi connectivity index (χ2v) is 5.61. The Labute approximate surface area is 152 Å². The Morgan fingerprint density at radius 1 is 1.22 bits per heavy atom. The highest BCUT2D eigenvalue weighted by Gasteiger charge is 2.23. The molecule has 1 aromatic heterocycles. The van der Waals surface area contributed by atoms with Gasteiger partial charge in [0, 0.05) is 6.07 Å². The van der Waals surface area contributed by atoms with Crippen LogP contribution in [0.25, 0.3) is 10.9 Å². The minimum absolute atomic E-state index is 0.136. The maximum Gasteiger partial charge on any atom is 0.330 e. The summed E-state index contributed by atoms with van der Waals surface area (Å²) in [5.74, 6) is -1.20. The van der Waals surface area contributed by atoms with Gasteiger partial charge in [-0.3, -0.25) is 4.79 Å². The second-order valence-electron chi connectivity index (χ2n) is 5.61. The molecule has 0 bridgehead atoms. The van der Waals surface area contributed by atoms with Gasteiger partial charge in [-0.2, -0.15) is 0 Å². The third kappa shape index (κ3) is 3.52. The summed E-state index contributed by atoms with van der Waals surface area (Å²) in [4.78, 5) is 29.9. The minimum atomic E-state index is -1.28. The molecule has 9 heteroatoms. The summed E-state index contributed by atoms with van der Waals surface area (Å²) < 4.78 is 24.7. The van der Waals surface area contributed by atoms with Gasteiger partial charge in [-0.1, -0.05) is 6.07 Å². The van der Waals surface area contributed by atoms with Crippen LogP contribution in [0, 0.1) is 5.82 Å². The third-order valence-corrected chi connectivity index (χ3v) is 4.02. The van der Waals surface area contributed by atoms with Gasteiger partial charge in [-0.05, 0) is 23.8 Å². The number of benzene rings is 2. The molecule has 0 aliphatic rings. The number of hydrogen-bond acceptors (Lipinski definition) is 6. The van der Waals surface area contributed by atoms with Crippen molar-refractivity contribution in [3.8, 4) is 11.5 Å². The van der Waals surface area contributed by atoms with E-state index < -0.39 is 23.4 Å². The first-order chi connectivity index (χ1) is 12.9. The Morgan fingerprint density at radius 3 is 2.63 bits per heavy atom. The van der Waals surface area contributed by atoms with Crippen molar-refractivity contribution in [2.75, 3.05) is 19.5 Å². The number of ether oxygens (including phenoxy) is 2. The molecule has 0 spiro atoms. The van der Waals surface area contributed by atoms with Crippen LogP contribution in [0.1, 0.15) is 11.6 Å². The van der Waals surface area contributed by atoms with Gasteiger partial charge in [0.2, 0.25) is 0 Å². The smallest absolute Gasteiger partial charge is 0.330 e. The molecule has 0 radical (unpaired) electrons. The van der Waals surface area contributed by atoms with Gasteiger partial charge in [-0.15, -0.1) is 0 Å². The lowest BCUT2D eigenvalue weighted by atomic mass is 10.1. The number of carbonyl (C=O) groups is 1. The number of halogens is 1. The van der Waals surface area contributed by atoms with Crippen LogP contribution in [-0.2, 0) is 4.79 Å². The van der Waals surface area contributed by atoms with Gasteiger partial charge < -0.3 is 24.9 Å². The first kappa shape index (κ1) is 18.2. The number of anilines is 1. The molecule has 3 aromatic rings. The fourth-order valence-corrected chi connectivity index (χ4v) is 2.68. The summed E-state index contributed by atoms with van der Waals surface area (Å²) in [5.41, 5.74) is -0.108. The zero-order chi connectivity index (χ0) is 19.6. The number of aromatic nitrogens is 2. The lowest BCUT2D eigenvalue weighted by molar-refractivity contribution is -0.138. The van der Waals surface area contributed by atoms with Crippen molar-refractivity contribution in [3.63, 3.8) is 0 Å². The van der Waals surface area contributed by atoms with Gasteiger partial charge >= 0.3 is 5.97 Å². The zero-order valence-corrected chi connectivity index (χ0v) is 14.4. The zero-order valence-electron chi connectivity index (χ0n) is 14.4. The number of fused-ring (bicyclic) bond motifs is 1. The molecule has 1 atom stereocenters. The van der Waals surface area contributed by atoms with Gasteiger partial charge in [0.1, 0.15) is 5.82 Å². The van der Waals surface area contributed by atoms with E-state index in [1.54, 1.807) is 6.07 Å². The van der Waals surface area contributed by atoms with Crippen LogP contribution in [0.2, 0.25) is 0 Å². The number of carboxylic acid groups (broad SMARTS) is 1. The highest BCUT2D eigenvalue weighted by molar-refractivity contribution is 5.84. The number of methoxy groups -OCH3 is 2. The highest BCUT2D eigenvalue weighted by Crippen LogP contribution is 2.32. The largest absolute Gasteiger partial charge is 0.493 e. The van der Waals surface area contributed by atoms with E-state index in [2.05, 4.69) is 15.3 Å². The van der Waals surface area contributed by atoms with Crippen molar-refractivity contribution in [1.82, 2.24) is 9.97 Å². The molecule has 1 heterocycles. The molecule has 0 aliphatic carbocycles. The van der Waals surface area contributed by atoms with Crippen LogP contribution in [0.5, 0.6) is 11.5 Å². The standard InChI is InChI=1S/C18H16FN3O5/c1-26-14-4-3-9(5-15(14)27-2)16(18(24)25)22-13-6-10-12(7-11(13)19)20-8-21-17(10)23/h3-8,16,22H,1-2H3,(H,24,25)(H,20,21,23). The van der Waals surface area contributed by atoms with Crippen molar-refractivity contribution >= 4 is 22.6 Å². The number of hydrogen-bond donors (Lipinski definition) is 3. The first-order valence-corrected chi connectivity index (χ1v) is 7.82. The van der Waals surface area contributed by atoms with Gasteiger partial charge in [-0.25, -0.2) is 14.2 Å². The molecule has 3 N–H and O–H groups in total. The average molecular weight is 373 g/mol. The molecule has 0 saturated heterocycles. The summed E-state index contributed by atoms with van der Waals surface area (Å²) >= 11 is 0. The third-order valence-electron chi connectivity index (χ3n) is 4.02. The predicted octanol–water partition coefficient (Wildman–Crippen LogP) is 2.32. The monoisotopic (exact) mass is 373 g/mol. The van der Waals surface area contributed by atoms with Gasteiger partial charge in [0.15, 0.2) is 17.5 Å². The van der Waals surface area contributed by atoms with E-state index in [-0.39, 0.29) is 16.6 Å². The lowest BCUT2D eigenvalue weighted by Gasteiger charge is -2.18.